The van der Waals surface area contributed by atoms with Crippen molar-refractivity contribution in [2.24, 2.45) is 11.8 Å². The maximum absolute atomic E-state index is 4.01. The molecule has 0 aromatic rings. The van der Waals surface area contributed by atoms with Gasteiger partial charge in [-0.05, 0) is 0 Å². The van der Waals surface area contributed by atoms with E-state index in [9.17, 15) is 0 Å². The van der Waals surface area contributed by atoms with Gasteiger partial charge in [0.15, 0.2) is 0 Å². The molecule has 0 saturated carbocycles. The van der Waals surface area contributed by atoms with Gasteiger partial charge < -0.3 is 0 Å². The second-order valence-electron chi connectivity index (χ2n) is 5.42. The van der Waals surface area contributed by atoms with Gasteiger partial charge in [0.1, 0.15) is 0 Å². The summed E-state index contributed by atoms with van der Waals surface area (Å²) in [7, 11) is 0. The molecule has 2 aliphatic carbocycles. The van der Waals surface area contributed by atoms with Crippen molar-refractivity contribution in [3.63, 3.8) is 0 Å². The molecular weight excluding hydrogens is 466 g/mol. The third-order valence-corrected chi connectivity index (χ3v) is 11.3. The van der Waals surface area contributed by atoms with Gasteiger partial charge in [-0.1, -0.05) is 0 Å². The van der Waals surface area contributed by atoms with Crippen LogP contribution in [-0.2, 0) is 22.9 Å². The molecule has 0 heterocycles. The van der Waals surface area contributed by atoms with Gasteiger partial charge in [-0.25, -0.2) is 0 Å². The van der Waals surface area contributed by atoms with E-state index in [0.29, 0.717) is 11.8 Å². The summed E-state index contributed by atoms with van der Waals surface area (Å²) in [5.41, 5.74) is 5.95. The smallest absolute Gasteiger partial charge is 0.147 e. The summed E-state index contributed by atoms with van der Waals surface area (Å²) < 4.78 is 3.41. The van der Waals surface area contributed by atoms with Crippen LogP contribution < -0.4 is 0 Å². The van der Waals surface area contributed by atoms with Crippen molar-refractivity contribution < 1.29 is 22.9 Å². The van der Waals surface area contributed by atoms with Crippen molar-refractivity contribution in [3.05, 3.63) is 66.4 Å². The van der Waals surface area contributed by atoms with E-state index in [0.717, 1.165) is 0 Å². The van der Waals surface area contributed by atoms with Crippen LogP contribution in [0.4, 0.5) is 0 Å². The molecule has 0 nitrogen and oxygen atoms in total. The van der Waals surface area contributed by atoms with Crippen LogP contribution in [0, 0.1) is 11.8 Å². The van der Waals surface area contributed by atoms with Crippen LogP contribution in [0.5, 0.6) is 0 Å². The minimum atomic E-state index is -0.977. The van der Waals surface area contributed by atoms with Crippen molar-refractivity contribution in [1.29, 1.82) is 0 Å². The third-order valence-electron chi connectivity index (χ3n) is 4.29. The molecule has 0 saturated heterocycles. The zero-order chi connectivity index (χ0) is 14.2. The Balaban J connectivity index is 0.00000200. The van der Waals surface area contributed by atoms with E-state index in [2.05, 4.69) is 65.2 Å². The van der Waals surface area contributed by atoms with Gasteiger partial charge in [0.05, 0.1) is 0 Å². The van der Waals surface area contributed by atoms with Crippen molar-refractivity contribution in [2.75, 3.05) is 0 Å². The van der Waals surface area contributed by atoms with Crippen LogP contribution in [-0.4, -0.2) is 0 Å². The molecule has 0 fully saturated rings. The summed E-state index contributed by atoms with van der Waals surface area (Å²) in [4.78, 5) is 0. The molecule has 0 bridgehead atoms. The number of hydrogen-bond donors (Lipinski definition) is 0. The second-order valence-corrected chi connectivity index (χ2v) is 10.2. The summed E-state index contributed by atoms with van der Waals surface area (Å²) in [5, 5.41) is 0. The van der Waals surface area contributed by atoms with Crippen molar-refractivity contribution in [2.45, 2.75) is 27.7 Å². The van der Waals surface area contributed by atoms with E-state index in [1.54, 1.807) is 6.66 Å². The van der Waals surface area contributed by atoms with Crippen molar-refractivity contribution in [1.82, 2.24) is 0 Å². The molecule has 0 amide bonds. The number of halogens is 2. The predicted octanol–water partition coefficient (Wildman–Crippen LogP) is 5.98. The molecule has 21 heavy (non-hydrogen) atoms. The van der Waals surface area contributed by atoms with Gasteiger partial charge in [0.25, 0.3) is 0 Å². The van der Waals surface area contributed by atoms with Crippen molar-refractivity contribution in [3.8, 4) is 0 Å². The summed E-state index contributed by atoms with van der Waals surface area (Å²) in [6.07, 6.45) is 8.96. The second kappa shape index (κ2) is 8.50. The summed E-state index contributed by atoms with van der Waals surface area (Å²) in [5.74, 6) is 0.991. The van der Waals surface area contributed by atoms with Gasteiger partial charge in [0.2, 0.25) is 0 Å². The Morgan fingerprint density at radius 1 is 0.810 bits per heavy atom. The molecule has 0 radical (unpaired) electrons. The van der Waals surface area contributed by atoms with E-state index in [-0.39, 0.29) is 24.8 Å². The first-order valence-electron chi connectivity index (χ1n) is 6.80. The largest absolute Gasteiger partial charge is 0.147 e. The van der Waals surface area contributed by atoms with Crippen LogP contribution in [0.1, 0.15) is 27.7 Å². The molecule has 0 N–H and O–H groups in total. The quantitative estimate of drug-likeness (QED) is 0.336. The Kier molecular flexibility index (Phi) is 8.46. The normalized spacial score (nSPS) is 24.0. The molecule has 2 aliphatic rings. The molecule has 2 atom stereocenters. The molecule has 0 aromatic carbocycles. The Hall–Kier alpha value is -0.110. The molecule has 0 aliphatic heterocycles. The molecule has 0 aromatic heterocycles. The number of hydrogen-bond acceptors (Lipinski definition) is 0. The average molecular weight is 490 g/mol. The Bertz CT molecular complexity index is 512. The summed E-state index contributed by atoms with van der Waals surface area (Å²) in [6, 6.07) is 0. The first-order valence-corrected chi connectivity index (χ1v) is 10.4. The monoisotopic (exact) mass is 490 g/mol. The SMILES string of the molecule is C=CC1C=C(C)C(C)=[C]1[Hf][C]1=C(C)C(C)=CC1C=C.Cl.Cl. The molecular formula is C18H24Cl2Hf. The first-order chi connectivity index (χ1) is 8.99. The van der Waals surface area contributed by atoms with Gasteiger partial charge in [-0.15, -0.1) is 24.8 Å². The van der Waals surface area contributed by atoms with Gasteiger partial charge in [-0.3, -0.25) is 0 Å². The number of allylic oxidation sites excluding steroid dienone is 10. The summed E-state index contributed by atoms with van der Waals surface area (Å²) >= 11 is -0.977. The Labute approximate surface area is 153 Å². The van der Waals surface area contributed by atoms with Gasteiger partial charge in [0, 0.05) is 0 Å². The average Bonchev–Trinajstić information content (AvgIpc) is 2.83. The standard InChI is InChI=1S/2C9H11.2ClH.Hf/c2*1-4-9-5-7(2)8(3)6-9;;;/h2*4-5,9H,1H2,2-3H3;2*1H;. The summed E-state index contributed by atoms with van der Waals surface area (Å²) in [6.45, 7) is 17.0. The van der Waals surface area contributed by atoms with Crippen LogP contribution in [0.15, 0.2) is 66.4 Å². The molecule has 2 rings (SSSR count). The van der Waals surface area contributed by atoms with E-state index >= 15 is 0 Å². The maximum atomic E-state index is 4.01. The zero-order valence-corrected chi connectivity index (χ0v) is 18.4. The third kappa shape index (κ3) is 4.00. The number of rotatable bonds is 4. The predicted molar refractivity (Wildman–Crippen MR) is 94.8 cm³/mol. The van der Waals surface area contributed by atoms with E-state index in [4.69, 9.17) is 0 Å². The molecule has 2 unspecified atom stereocenters. The topological polar surface area (TPSA) is 0 Å². The zero-order valence-electron chi connectivity index (χ0n) is 13.2. The van der Waals surface area contributed by atoms with E-state index < -0.39 is 22.9 Å². The molecule has 0 spiro atoms. The minimum Gasteiger partial charge on any atom is -0.147 e. The van der Waals surface area contributed by atoms with Crippen LogP contribution >= 0.6 is 24.8 Å². The fourth-order valence-electron chi connectivity index (χ4n) is 2.75. The fraction of sp³-hybridized carbons (Fsp3) is 0.333. The van der Waals surface area contributed by atoms with Crippen LogP contribution in [0.3, 0.4) is 0 Å². The Morgan fingerprint density at radius 2 is 1.14 bits per heavy atom. The van der Waals surface area contributed by atoms with Gasteiger partial charge >= 0.3 is 129 Å². The minimum absolute atomic E-state index is 0. The van der Waals surface area contributed by atoms with Crippen LogP contribution in [0.25, 0.3) is 0 Å². The fourth-order valence-corrected chi connectivity index (χ4v) is 9.20. The van der Waals surface area contributed by atoms with Crippen molar-refractivity contribution >= 4 is 24.8 Å². The van der Waals surface area contributed by atoms with Crippen LogP contribution in [0.2, 0.25) is 0 Å². The maximum Gasteiger partial charge on any atom is -0.147 e. The van der Waals surface area contributed by atoms with E-state index in [1.807, 2.05) is 0 Å². The van der Waals surface area contributed by atoms with Gasteiger partial charge in [-0.2, -0.15) is 0 Å². The molecule has 3 heteroatoms. The Morgan fingerprint density at radius 3 is 1.43 bits per heavy atom. The van der Waals surface area contributed by atoms with E-state index in [1.165, 1.54) is 22.3 Å². The first kappa shape index (κ1) is 20.9. The molecule has 114 valence electrons.